The zero-order chi connectivity index (χ0) is 34.1. The maximum absolute atomic E-state index is 9.67. The Bertz CT molecular complexity index is 1540. The number of benzene rings is 4. The average Bonchev–Trinajstić information content (AvgIpc) is 4.03. The van der Waals surface area contributed by atoms with Gasteiger partial charge in [0.1, 0.15) is 55.4 Å². The van der Waals surface area contributed by atoms with Crippen LogP contribution in [0.15, 0.2) is 97.1 Å². The smallest absolute Gasteiger partial charge is 0.119 e. The molecular formula is C41H50O7V. The summed E-state index contributed by atoms with van der Waals surface area (Å²) in [6, 6.07) is 33.4. The molecule has 0 amide bonds. The van der Waals surface area contributed by atoms with Crippen LogP contribution in [0.25, 0.3) is 0 Å². The van der Waals surface area contributed by atoms with Crippen molar-refractivity contribution in [3.8, 4) is 17.2 Å². The number of aliphatic hydroxyl groups excluding tert-OH is 1. The second-order valence-corrected chi connectivity index (χ2v) is 13.6. The summed E-state index contributed by atoms with van der Waals surface area (Å²) in [4.78, 5) is 0. The number of epoxide rings is 2. The van der Waals surface area contributed by atoms with Crippen LogP contribution in [0, 0.1) is 6.92 Å². The van der Waals surface area contributed by atoms with Crippen molar-refractivity contribution < 1.29 is 52.1 Å². The van der Waals surface area contributed by atoms with Gasteiger partial charge in [-0.2, -0.15) is 0 Å². The van der Waals surface area contributed by atoms with Gasteiger partial charge in [0.2, 0.25) is 0 Å². The summed E-state index contributed by atoms with van der Waals surface area (Å²) in [7, 11) is 1.56. The molecule has 8 heteroatoms. The van der Waals surface area contributed by atoms with Gasteiger partial charge in [0, 0.05) is 36.5 Å². The monoisotopic (exact) mass is 705 g/mol. The van der Waals surface area contributed by atoms with Crippen LogP contribution >= 0.6 is 0 Å². The van der Waals surface area contributed by atoms with E-state index in [0.717, 1.165) is 30.5 Å². The first-order chi connectivity index (χ1) is 23.0. The van der Waals surface area contributed by atoms with E-state index in [-0.39, 0.29) is 48.7 Å². The first kappa shape index (κ1) is 38.5. The Morgan fingerprint density at radius 1 is 0.592 bits per heavy atom. The molecule has 0 spiro atoms. The zero-order valence-corrected chi connectivity index (χ0v) is 31.0. The van der Waals surface area contributed by atoms with Crippen LogP contribution in [-0.2, 0) is 43.6 Å². The minimum Gasteiger partial charge on any atom is -0.491 e. The molecule has 2 aliphatic heterocycles. The predicted molar refractivity (Wildman–Crippen MR) is 189 cm³/mol. The molecule has 2 fully saturated rings. The summed E-state index contributed by atoms with van der Waals surface area (Å²) in [5.41, 5.74) is 6.15. The third-order valence-electron chi connectivity index (χ3n) is 8.98. The Balaban J connectivity index is 0.000000223. The SMILES string of the molecule is COCC(O)COc1ccc(C(C)(C)c2ccc(OCC3CO3)cc2)cc1.Cc1ccc(C(C)(C)c2ccc(OCC3CO3)cc2)cc1.[V]. The van der Waals surface area contributed by atoms with Crippen molar-refractivity contribution in [2.75, 3.05) is 46.8 Å². The summed E-state index contributed by atoms with van der Waals surface area (Å²) in [5.74, 6) is 2.51. The molecule has 2 saturated heterocycles. The number of aliphatic hydroxyl groups is 1. The van der Waals surface area contributed by atoms with Crippen molar-refractivity contribution in [3.63, 3.8) is 0 Å². The topological polar surface area (TPSA) is 82.2 Å². The maximum atomic E-state index is 9.67. The molecule has 3 atom stereocenters. The van der Waals surface area contributed by atoms with E-state index in [1.54, 1.807) is 7.11 Å². The fourth-order valence-corrected chi connectivity index (χ4v) is 5.35. The Morgan fingerprint density at radius 3 is 1.24 bits per heavy atom. The molecule has 4 aromatic carbocycles. The van der Waals surface area contributed by atoms with Crippen LogP contribution in [0.5, 0.6) is 17.2 Å². The quantitative estimate of drug-likeness (QED) is 0.130. The van der Waals surface area contributed by atoms with E-state index in [4.69, 9.17) is 28.4 Å². The Labute approximate surface area is 303 Å². The van der Waals surface area contributed by atoms with Gasteiger partial charge in [0.25, 0.3) is 0 Å². The van der Waals surface area contributed by atoms with Gasteiger partial charge < -0.3 is 33.5 Å². The molecule has 2 aliphatic rings. The third-order valence-corrected chi connectivity index (χ3v) is 8.98. The van der Waals surface area contributed by atoms with Crippen molar-refractivity contribution in [3.05, 3.63) is 125 Å². The number of hydrogen-bond donors (Lipinski definition) is 1. The van der Waals surface area contributed by atoms with Gasteiger partial charge in [-0.05, 0) is 65.6 Å². The number of methoxy groups -OCH3 is 1. The van der Waals surface area contributed by atoms with E-state index in [0.29, 0.717) is 19.3 Å². The van der Waals surface area contributed by atoms with Gasteiger partial charge in [-0.25, -0.2) is 0 Å². The third kappa shape index (κ3) is 11.4. The van der Waals surface area contributed by atoms with Crippen LogP contribution in [0.3, 0.4) is 0 Å². The molecule has 0 bridgehead atoms. The van der Waals surface area contributed by atoms with E-state index in [2.05, 4.69) is 95.3 Å². The van der Waals surface area contributed by atoms with Crippen molar-refractivity contribution in [2.45, 2.75) is 63.8 Å². The summed E-state index contributed by atoms with van der Waals surface area (Å²) < 4.78 is 32.2. The fraction of sp³-hybridized carbons (Fsp3) is 0.415. The summed E-state index contributed by atoms with van der Waals surface area (Å²) >= 11 is 0. The summed E-state index contributed by atoms with van der Waals surface area (Å²) in [6.07, 6.45) is -0.0653. The molecule has 49 heavy (non-hydrogen) atoms. The van der Waals surface area contributed by atoms with Gasteiger partial charge in [-0.15, -0.1) is 0 Å². The second kappa shape index (κ2) is 17.6. The van der Waals surface area contributed by atoms with Crippen LogP contribution in [0.4, 0.5) is 0 Å². The molecule has 1 N–H and O–H groups in total. The van der Waals surface area contributed by atoms with Gasteiger partial charge in [-0.1, -0.05) is 93.9 Å². The van der Waals surface area contributed by atoms with Gasteiger partial charge in [-0.3, -0.25) is 0 Å². The van der Waals surface area contributed by atoms with Gasteiger partial charge in [0.15, 0.2) is 0 Å². The average molecular weight is 706 g/mol. The molecular weight excluding hydrogens is 655 g/mol. The summed E-state index contributed by atoms with van der Waals surface area (Å²) in [5, 5.41) is 9.67. The molecule has 1 radical (unpaired) electrons. The predicted octanol–water partition coefficient (Wildman–Crippen LogP) is 7.27. The number of aryl methyl sites for hydroxylation is 1. The standard InChI is InChI=1S/C22H28O5.C19H22O2.V/c1-22(2,17-6-10-20(11-7-17)26-14-21-15-27-21)16-4-8-19(9-5-16)25-13-18(23)12-24-3;1-14-4-6-15(7-5-14)19(2,3)16-8-10-17(11-9-16)20-12-18-13-21-18;/h4-11,18,21,23H,12-15H2,1-3H3;4-11,18H,12-13H2,1-3H3;. The molecule has 0 aromatic heterocycles. The minimum atomic E-state index is -0.627. The van der Waals surface area contributed by atoms with Crippen molar-refractivity contribution >= 4 is 0 Å². The largest absolute Gasteiger partial charge is 0.491 e. The molecule has 2 heterocycles. The van der Waals surface area contributed by atoms with Crippen molar-refractivity contribution in [2.24, 2.45) is 0 Å². The van der Waals surface area contributed by atoms with Crippen LogP contribution in [0.2, 0.25) is 0 Å². The molecule has 261 valence electrons. The van der Waals surface area contributed by atoms with Crippen molar-refractivity contribution in [1.82, 2.24) is 0 Å². The first-order valence-corrected chi connectivity index (χ1v) is 16.7. The maximum Gasteiger partial charge on any atom is 0.119 e. The number of ether oxygens (including phenoxy) is 6. The van der Waals surface area contributed by atoms with E-state index in [1.165, 1.54) is 27.8 Å². The van der Waals surface area contributed by atoms with E-state index >= 15 is 0 Å². The normalized spacial score (nSPS) is 17.1. The van der Waals surface area contributed by atoms with Gasteiger partial charge >= 0.3 is 0 Å². The number of rotatable bonds is 15. The Morgan fingerprint density at radius 2 is 0.918 bits per heavy atom. The summed E-state index contributed by atoms with van der Waals surface area (Å²) in [6.45, 7) is 14.4. The second-order valence-electron chi connectivity index (χ2n) is 13.6. The molecule has 4 aromatic rings. The zero-order valence-electron chi connectivity index (χ0n) is 29.6. The fourth-order valence-electron chi connectivity index (χ4n) is 5.35. The van der Waals surface area contributed by atoms with E-state index in [9.17, 15) is 5.11 Å². The molecule has 3 unspecified atom stereocenters. The molecule has 0 aliphatic carbocycles. The Hall–Kier alpha value is -3.30. The molecule has 0 saturated carbocycles. The minimum absolute atomic E-state index is 0. The van der Waals surface area contributed by atoms with Crippen molar-refractivity contribution in [1.29, 1.82) is 0 Å². The van der Waals surface area contributed by atoms with Crippen LogP contribution < -0.4 is 14.2 Å². The number of hydrogen-bond acceptors (Lipinski definition) is 7. The van der Waals surface area contributed by atoms with E-state index < -0.39 is 6.10 Å². The van der Waals surface area contributed by atoms with Crippen LogP contribution in [-0.4, -0.2) is 70.2 Å². The molecule has 6 rings (SSSR count). The molecule has 7 nitrogen and oxygen atoms in total. The first-order valence-electron chi connectivity index (χ1n) is 16.7. The van der Waals surface area contributed by atoms with E-state index in [1.807, 2.05) is 36.4 Å². The van der Waals surface area contributed by atoms with Crippen LogP contribution in [0.1, 0.15) is 55.5 Å². The van der Waals surface area contributed by atoms with Gasteiger partial charge in [0.05, 0.1) is 19.8 Å². The Kier molecular flexibility index (Phi) is 13.8.